The van der Waals surface area contributed by atoms with Gasteiger partial charge in [0.15, 0.2) is 5.11 Å². The fourth-order valence-corrected chi connectivity index (χ4v) is 2.30. The Kier molecular flexibility index (Phi) is 7.11. The van der Waals surface area contributed by atoms with E-state index in [-0.39, 0.29) is 16.6 Å². The fourth-order valence-electron chi connectivity index (χ4n) is 2.09. The number of unbranched alkanes of at least 4 members (excludes halogenated alkanes) is 1. The van der Waals surface area contributed by atoms with Gasteiger partial charge in [0.05, 0.1) is 12.6 Å². The summed E-state index contributed by atoms with van der Waals surface area (Å²) in [6.45, 7) is 2.68. The number of benzene rings is 2. The van der Waals surface area contributed by atoms with Gasteiger partial charge in [0.25, 0.3) is 5.91 Å². The first-order valence-electron chi connectivity index (χ1n) is 8.16. The monoisotopic (exact) mass is 371 g/mol. The van der Waals surface area contributed by atoms with Crippen LogP contribution in [0.1, 0.15) is 40.5 Å². The van der Waals surface area contributed by atoms with Crippen LogP contribution in [0.4, 0.5) is 5.69 Å². The van der Waals surface area contributed by atoms with Gasteiger partial charge in [-0.15, -0.1) is 0 Å². The average molecular weight is 371 g/mol. The number of thiocarbonyl (C=S) groups is 1. The molecule has 0 spiro atoms. The van der Waals surface area contributed by atoms with Crippen molar-refractivity contribution in [2.75, 3.05) is 11.9 Å². The van der Waals surface area contributed by atoms with Crippen molar-refractivity contribution in [3.05, 3.63) is 59.7 Å². The predicted molar refractivity (Wildman–Crippen MR) is 101 cm³/mol. The van der Waals surface area contributed by atoms with Gasteiger partial charge in [-0.05, 0) is 54.5 Å². The molecule has 136 valence electrons. The van der Waals surface area contributed by atoms with Crippen LogP contribution in [-0.2, 0) is 0 Å². The summed E-state index contributed by atoms with van der Waals surface area (Å²) in [4.78, 5) is 23.0. The van der Waals surface area contributed by atoms with Crippen LogP contribution < -0.4 is 20.5 Å². The van der Waals surface area contributed by atoms with Gasteiger partial charge < -0.3 is 20.0 Å². The topological polar surface area (TPSA) is 90.5 Å². The van der Waals surface area contributed by atoms with Gasteiger partial charge in [-0.1, -0.05) is 31.5 Å². The van der Waals surface area contributed by atoms with Crippen molar-refractivity contribution >= 4 is 34.9 Å². The first kappa shape index (κ1) is 19.4. The minimum atomic E-state index is -1.26. The Morgan fingerprint density at radius 3 is 2.50 bits per heavy atom. The summed E-state index contributed by atoms with van der Waals surface area (Å²) in [5.74, 6) is -0.994. The lowest BCUT2D eigenvalue weighted by Crippen LogP contribution is -2.34. The van der Waals surface area contributed by atoms with Gasteiger partial charge in [-0.2, -0.15) is 0 Å². The number of hydrogen-bond donors (Lipinski definition) is 2. The maximum Gasteiger partial charge on any atom is 0.257 e. The number of nitrogens with one attached hydrogen (secondary N) is 2. The highest BCUT2D eigenvalue weighted by Crippen LogP contribution is 2.14. The maximum absolute atomic E-state index is 12.3. The number of rotatable bonds is 7. The highest BCUT2D eigenvalue weighted by Gasteiger charge is 2.09. The Bertz CT molecular complexity index is 790. The number of hydrogen-bond acceptors (Lipinski definition) is 5. The van der Waals surface area contributed by atoms with Gasteiger partial charge in [0, 0.05) is 11.3 Å². The van der Waals surface area contributed by atoms with E-state index < -0.39 is 5.97 Å². The van der Waals surface area contributed by atoms with Crippen molar-refractivity contribution in [1.29, 1.82) is 0 Å². The van der Waals surface area contributed by atoms with E-state index in [9.17, 15) is 14.7 Å². The molecule has 0 heterocycles. The summed E-state index contributed by atoms with van der Waals surface area (Å²) in [7, 11) is 0. The molecule has 0 saturated carbocycles. The number of anilines is 1. The Morgan fingerprint density at radius 1 is 1.12 bits per heavy atom. The van der Waals surface area contributed by atoms with Gasteiger partial charge in [0.2, 0.25) is 0 Å². The number of carbonyl (C=O) groups is 2. The van der Waals surface area contributed by atoms with E-state index in [1.807, 2.05) is 0 Å². The smallest absolute Gasteiger partial charge is 0.257 e. The van der Waals surface area contributed by atoms with E-state index in [1.165, 1.54) is 24.3 Å². The van der Waals surface area contributed by atoms with Crippen LogP contribution >= 0.6 is 12.2 Å². The first-order valence-corrected chi connectivity index (χ1v) is 8.57. The summed E-state index contributed by atoms with van der Waals surface area (Å²) in [6.07, 6.45) is 1.98. The average Bonchev–Trinajstić information content (AvgIpc) is 2.62. The Labute approximate surface area is 157 Å². The summed E-state index contributed by atoms with van der Waals surface area (Å²) in [6, 6.07) is 12.7. The third-order valence-corrected chi connectivity index (χ3v) is 3.67. The van der Waals surface area contributed by atoms with Crippen LogP contribution in [-0.4, -0.2) is 23.6 Å². The summed E-state index contributed by atoms with van der Waals surface area (Å²) in [5.41, 5.74) is 1.04. The number of amides is 1. The highest BCUT2D eigenvalue weighted by molar-refractivity contribution is 7.80. The number of carboxylic acid groups (broad SMARTS) is 1. The SMILES string of the molecule is CCCCOc1cccc(C(=O)NC(=S)Nc2ccc(C(=O)[O-])cc2)c1. The van der Waals surface area contributed by atoms with Crippen molar-refractivity contribution < 1.29 is 19.4 Å². The molecule has 0 aliphatic rings. The van der Waals surface area contributed by atoms with Gasteiger partial charge >= 0.3 is 0 Å². The molecule has 7 heteroatoms. The molecule has 0 saturated heterocycles. The lowest BCUT2D eigenvalue weighted by molar-refractivity contribution is -0.255. The van der Waals surface area contributed by atoms with Crippen molar-refractivity contribution in [2.45, 2.75) is 19.8 Å². The molecule has 0 bridgehead atoms. The molecule has 6 nitrogen and oxygen atoms in total. The van der Waals surface area contributed by atoms with Crippen LogP contribution in [0, 0.1) is 0 Å². The summed E-state index contributed by atoms with van der Waals surface area (Å²) in [5, 5.41) is 16.2. The van der Waals surface area contributed by atoms with Crippen molar-refractivity contribution in [3.63, 3.8) is 0 Å². The predicted octanol–water partition coefficient (Wildman–Crippen LogP) is 2.36. The largest absolute Gasteiger partial charge is 0.545 e. The minimum absolute atomic E-state index is 0.0605. The van der Waals surface area contributed by atoms with Gasteiger partial charge in [-0.3, -0.25) is 10.1 Å². The van der Waals surface area contributed by atoms with Crippen LogP contribution in [0.15, 0.2) is 48.5 Å². The van der Waals surface area contributed by atoms with Crippen molar-refractivity contribution in [1.82, 2.24) is 5.32 Å². The van der Waals surface area contributed by atoms with Crippen molar-refractivity contribution in [3.8, 4) is 5.75 Å². The molecule has 1 amide bonds. The number of ether oxygens (including phenoxy) is 1. The zero-order chi connectivity index (χ0) is 18.9. The second kappa shape index (κ2) is 9.53. The molecule has 0 radical (unpaired) electrons. The fraction of sp³-hybridized carbons (Fsp3) is 0.211. The molecule has 26 heavy (non-hydrogen) atoms. The lowest BCUT2D eigenvalue weighted by Gasteiger charge is -2.11. The molecule has 2 aromatic rings. The Balaban J connectivity index is 1.93. The quantitative estimate of drug-likeness (QED) is 0.574. The molecule has 0 aromatic heterocycles. The van der Waals surface area contributed by atoms with E-state index in [0.717, 1.165) is 12.8 Å². The lowest BCUT2D eigenvalue weighted by atomic mass is 10.2. The zero-order valence-corrected chi connectivity index (χ0v) is 15.1. The van der Waals surface area contributed by atoms with Crippen LogP contribution in [0.5, 0.6) is 5.75 Å². The third kappa shape index (κ3) is 5.86. The van der Waals surface area contributed by atoms with Gasteiger partial charge in [0.1, 0.15) is 5.75 Å². The van der Waals surface area contributed by atoms with E-state index in [1.54, 1.807) is 24.3 Å². The molecule has 0 atom stereocenters. The maximum atomic E-state index is 12.3. The molecular formula is C19H19N2O4S-. The Morgan fingerprint density at radius 2 is 1.85 bits per heavy atom. The standard InChI is InChI=1S/C19H20N2O4S/c1-2-3-11-25-16-6-4-5-14(12-16)17(22)21-19(26)20-15-9-7-13(8-10-15)18(23)24/h4-10,12H,2-3,11H2,1H3,(H,23,24)(H2,20,21,22,26)/p-1. The Hall–Kier alpha value is -2.93. The van der Waals surface area contributed by atoms with Gasteiger partial charge in [-0.25, -0.2) is 0 Å². The van der Waals surface area contributed by atoms with Crippen LogP contribution in [0.2, 0.25) is 0 Å². The highest BCUT2D eigenvalue weighted by atomic mass is 32.1. The summed E-state index contributed by atoms with van der Waals surface area (Å²) < 4.78 is 5.59. The van der Waals surface area contributed by atoms with Crippen LogP contribution in [0.25, 0.3) is 0 Å². The van der Waals surface area contributed by atoms with Crippen LogP contribution in [0.3, 0.4) is 0 Å². The zero-order valence-electron chi connectivity index (χ0n) is 14.3. The summed E-state index contributed by atoms with van der Waals surface area (Å²) >= 11 is 5.11. The molecule has 2 N–H and O–H groups in total. The molecule has 2 aromatic carbocycles. The second-order valence-corrected chi connectivity index (χ2v) is 5.91. The number of aromatic carboxylic acids is 1. The molecular weight excluding hydrogens is 352 g/mol. The molecule has 0 fully saturated rings. The van der Waals surface area contributed by atoms with Crippen molar-refractivity contribution in [2.24, 2.45) is 0 Å². The molecule has 2 rings (SSSR count). The van der Waals surface area contributed by atoms with E-state index >= 15 is 0 Å². The third-order valence-electron chi connectivity index (χ3n) is 3.47. The minimum Gasteiger partial charge on any atom is -0.545 e. The second-order valence-electron chi connectivity index (χ2n) is 5.50. The van der Waals surface area contributed by atoms with E-state index in [4.69, 9.17) is 17.0 Å². The van der Waals surface area contributed by atoms with E-state index in [0.29, 0.717) is 23.6 Å². The number of carboxylic acids is 1. The molecule has 0 aliphatic carbocycles. The van der Waals surface area contributed by atoms with E-state index in [2.05, 4.69) is 17.6 Å². The molecule has 0 aliphatic heterocycles. The first-order chi connectivity index (χ1) is 12.5. The number of carbonyl (C=O) groups excluding carboxylic acids is 2. The normalized spacial score (nSPS) is 10.0. The molecule has 0 unspecified atom stereocenters.